The van der Waals surface area contributed by atoms with Gasteiger partial charge in [-0.05, 0) is 13.8 Å². The van der Waals surface area contributed by atoms with Gasteiger partial charge in [0.2, 0.25) is 0 Å². The van der Waals surface area contributed by atoms with Crippen molar-refractivity contribution in [1.29, 1.82) is 5.41 Å². The number of nitrogens with zero attached hydrogens (tertiary/aromatic N) is 1. The Morgan fingerprint density at radius 2 is 2.33 bits per heavy atom. The molecule has 1 heterocycles. The number of hydrogen-bond acceptors (Lipinski definition) is 4. The highest BCUT2D eigenvalue weighted by molar-refractivity contribution is 6.09. The quantitative estimate of drug-likeness (QED) is 0.637. The summed E-state index contributed by atoms with van der Waals surface area (Å²) in [5, 5.41) is 15.9. The minimum atomic E-state index is -0.452. The van der Waals surface area contributed by atoms with Crippen molar-refractivity contribution in [2.45, 2.75) is 25.9 Å². The number of aliphatic hydroxyl groups excluding tert-OH is 1. The number of ether oxygens (including phenoxy) is 1. The van der Waals surface area contributed by atoms with E-state index >= 15 is 0 Å². The lowest BCUT2D eigenvalue weighted by molar-refractivity contribution is 0.181. The van der Waals surface area contributed by atoms with Crippen molar-refractivity contribution in [1.82, 2.24) is 0 Å². The first-order valence-corrected chi connectivity index (χ1v) is 3.97. The number of nitrogens with one attached hydrogen (secondary N) is 1. The Hall–Kier alpha value is -0.900. The molecule has 0 spiro atoms. The van der Waals surface area contributed by atoms with Crippen LogP contribution in [0.4, 0.5) is 0 Å². The predicted molar refractivity (Wildman–Crippen MR) is 46.9 cm³/mol. The van der Waals surface area contributed by atoms with E-state index < -0.39 is 5.60 Å². The van der Waals surface area contributed by atoms with Crippen molar-refractivity contribution < 1.29 is 9.84 Å². The summed E-state index contributed by atoms with van der Waals surface area (Å²) in [6, 6.07) is 0. The molecule has 1 rings (SSSR count). The Morgan fingerprint density at radius 3 is 2.75 bits per heavy atom. The Labute approximate surface area is 71.8 Å². The molecule has 0 radical (unpaired) electrons. The maximum absolute atomic E-state index is 8.56. The van der Waals surface area contributed by atoms with Crippen LogP contribution in [0.1, 0.15) is 20.3 Å². The van der Waals surface area contributed by atoms with Crippen molar-refractivity contribution in [2.24, 2.45) is 4.99 Å². The molecular weight excluding hydrogens is 156 g/mol. The molecular formula is C8H14N2O2. The Balaban J connectivity index is 2.71. The van der Waals surface area contributed by atoms with Gasteiger partial charge in [-0.1, -0.05) is 0 Å². The van der Waals surface area contributed by atoms with E-state index in [0.29, 0.717) is 13.0 Å². The van der Waals surface area contributed by atoms with Crippen molar-refractivity contribution in [3.8, 4) is 0 Å². The van der Waals surface area contributed by atoms with E-state index in [-0.39, 0.29) is 12.5 Å². The monoisotopic (exact) mass is 170 g/mol. The summed E-state index contributed by atoms with van der Waals surface area (Å²) >= 11 is 0. The van der Waals surface area contributed by atoms with Crippen LogP contribution in [0.15, 0.2) is 4.99 Å². The lowest BCUT2D eigenvalue weighted by Crippen LogP contribution is -2.27. The highest BCUT2D eigenvalue weighted by Crippen LogP contribution is 2.23. The molecule has 1 fully saturated rings. The number of rotatable bonds is 2. The van der Waals surface area contributed by atoms with Crippen LogP contribution in [0.3, 0.4) is 0 Å². The van der Waals surface area contributed by atoms with Crippen LogP contribution in [-0.2, 0) is 4.74 Å². The molecule has 1 saturated heterocycles. The largest absolute Gasteiger partial charge is 0.469 e. The first kappa shape index (κ1) is 9.19. The summed E-state index contributed by atoms with van der Waals surface area (Å²) in [4.78, 5) is 4.15. The van der Waals surface area contributed by atoms with Crippen LogP contribution >= 0.6 is 0 Å². The Morgan fingerprint density at radius 1 is 1.67 bits per heavy atom. The summed E-state index contributed by atoms with van der Waals surface area (Å²) in [7, 11) is 0. The Bertz CT molecular complexity index is 221. The van der Waals surface area contributed by atoms with Gasteiger partial charge in [0.1, 0.15) is 5.60 Å². The SMILES string of the molecule is CC1(C)OC(=N)CC1=NCCO. The molecule has 68 valence electrons. The second-order valence-corrected chi connectivity index (χ2v) is 3.26. The summed E-state index contributed by atoms with van der Waals surface area (Å²) in [5.41, 5.74) is 0.397. The molecule has 0 aromatic heterocycles. The lowest BCUT2D eigenvalue weighted by atomic mass is 10.0. The number of aliphatic imine (C=N–C) groups is 1. The standard InChI is InChI=1S/C8H14N2O2/c1-8(2)6(10-3-4-11)5-7(9)12-8/h9,11H,3-5H2,1-2H3. The van der Waals surface area contributed by atoms with E-state index in [9.17, 15) is 0 Å². The normalized spacial score (nSPS) is 24.6. The van der Waals surface area contributed by atoms with Gasteiger partial charge < -0.3 is 9.84 Å². The van der Waals surface area contributed by atoms with Gasteiger partial charge in [-0.3, -0.25) is 10.4 Å². The molecule has 0 saturated carbocycles. The lowest BCUT2D eigenvalue weighted by Gasteiger charge is -2.17. The zero-order chi connectivity index (χ0) is 9.19. The van der Waals surface area contributed by atoms with Crippen LogP contribution in [0.2, 0.25) is 0 Å². The van der Waals surface area contributed by atoms with Gasteiger partial charge in [-0.25, -0.2) is 0 Å². The highest BCUT2D eigenvalue weighted by atomic mass is 16.5. The van der Waals surface area contributed by atoms with Crippen molar-refractivity contribution in [3.05, 3.63) is 0 Å². The maximum Gasteiger partial charge on any atom is 0.187 e. The molecule has 4 nitrogen and oxygen atoms in total. The summed E-state index contributed by atoms with van der Waals surface area (Å²) in [6.07, 6.45) is 0.479. The van der Waals surface area contributed by atoms with Gasteiger partial charge in [0.15, 0.2) is 5.90 Å². The van der Waals surface area contributed by atoms with Crippen molar-refractivity contribution >= 4 is 11.6 Å². The molecule has 0 bridgehead atoms. The molecule has 0 aromatic rings. The van der Waals surface area contributed by atoms with Crippen LogP contribution in [0.25, 0.3) is 0 Å². The molecule has 1 aliphatic heterocycles. The van der Waals surface area contributed by atoms with Gasteiger partial charge in [0.25, 0.3) is 0 Å². The molecule has 2 N–H and O–H groups in total. The first-order valence-electron chi connectivity index (χ1n) is 3.97. The summed E-state index contributed by atoms with van der Waals surface area (Å²) in [6.45, 7) is 4.21. The Kier molecular flexibility index (Phi) is 2.47. The van der Waals surface area contributed by atoms with E-state index in [2.05, 4.69) is 4.99 Å². The van der Waals surface area contributed by atoms with Crippen LogP contribution in [0.5, 0.6) is 0 Å². The third-order valence-corrected chi connectivity index (χ3v) is 1.80. The van der Waals surface area contributed by atoms with E-state index in [0.717, 1.165) is 5.71 Å². The summed E-state index contributed by atoms with van der Waals surface area (Å²) < 4.78 is 5.23. The fraction of sp³-hybridized carbons (Fsp3) is 0.750. The van der Waals surface area contributed by atoms with Gasteiger partial charge >= 0.3 is 0 Å². The molecule has 0 aliphatic carbocycles. The zero-order valence-electron chi connectivity index (χ0n) is 7.42. The molecule has 12 heavy (non-hydrogen) atoms. The topological polar surface area (TPSA) is 65.7 Å². The summed E-state index contributed by atoms with van der Waals surface area (Å²) in [5.74, 6) is 0.261. The second-order valence-electron chi connectivity index (χ2n) is 3.26. The molecule has 4 heteroatoms. The first-order chi connectivity index (χ1) is 5.56. The molecule has 0 unspecified atom stereocenters. The fourth-order valence-electron chi connectivity index (χ4n) is 1.20. The van der Waals surface area contributed by atoms with Crippen LogP contribution < -0.4 is 0 Å². The van der Waals surface area contributed by atoms with E-state index in [4.69, 9.17) is 15.3 Å². The maximum atomic E-state index is 8.56. The fourth-order valence-corrected chi connectivity index (χ4v) is 1.20. The highest BCUT2D eigenvalue weighted by Gasteiger charge is 2.35. The molecule has 0 aromatic carbocycles. The van der Waals surface area contributed by atoms with Crippen molar-refractivity contribution in [3.63, 3.8) is 0 Å². The zero-order valence-corrected chi connectivity index (χ0v) is 7.42. The number of hydrogen-bond donors (Lipinski definition) is 2. The second kappa shape index (κ2) is 3.23. The molecule has 1 aliphatic rings. The smallest absolute Gasteiger partial charge is 0.187 e. The minimum absolute atomic E-state index is 0.0485. The van der Waals surface area contributed by atoms with E-state index in [1.165, 1.54) is 0 Å². The molecule has 0 atom stereocenters. The number of aliphatic hydroxyl groups is 1. The molecule has 0 amide bonds. The van der Waals surface area contributed by atoms with Crippen LogP contribution in [0, 0.1) is 5.41 Å². The van der Waals surface area contributed by atoms with Gasteiger partial charge in [0, 0.05) is 0 Å². The van der Waals surface area contributed by atoms with Gasteiger partial charge in [-0.2, -0.15) is 0 Å². The third kappa shape index (κ3) is 1.82. The average Bonchev–Trinajstić information content (AvgIpc) is 2.20. The third-order valence-electron chi connectivity index (χ3n) is 1.80. The average molecular weight is 170 g/mol. The minimum Gasteiger partial charge on any atom is -0.469 e. The van der Waals surface area contributed by atoms with E-state index in [1.54, 1.807) is 0 Å². The van der Waals surface area contributed by atoms with E-state index in [1.807, 2.05) is 13.8 Å². The van der Waals surface area contributed by atoms with Crippen LogP contribution in [-0.4, -0.2) is 35.5 Å². The van der Waals surface area contributed by atoms with Gasteiger partial charge in [-0.15, -0.1) is 0 Å². The van der Waals surface area contributed by atoms with Crippen molar-refractivity contribution in [2.75, 3.05) is 13.2 Å². The predicted octanol–water partition coefficient (Wildman–Crippen LogP) is 0.596. The van der Waals surface area contributed by atoms with Gasteiger partial charge in [0.05, 0.1) is 25.3 Å².